The van der Waals surface area contributed by atoms with Crippen LogP contribution in [0, 0.1) is 11.8 Å². The fraction of sp³-hybridized carbons (Fsp3) is 1.00. The SMILES string of the molecule is C.CCCCCC(C)C(C)C. The van der Waals surface area contributed by atoms with Gasteiger partial charge < -0.3 is 0 Å². The van der Waals surface area contributed by atoms with Crippen molar-refractivity contribution in [2.24, 2.45) is 11.8 Å². The van der Waals surface area contributed by atoms with E-state index in [2.05, 4.69) is 27.7 Å². The van der Waals surface area contributed by atoms with Crippen LogP contribution >= 0.6 is 0 Å². The molecule has 0 bridgehead atoms. The number of rotatable bonds is 5. The maximum absolute atomic E-state index is 2.36. The van der Waals surface area contributed by atoms with E-state index in [0.29, 0.717) is 0 Å². The van der Waals surface area contributed by atoms with Crippen molar-refractivity contribution in [1.82, 2.24) is 0 Å². The predicted octanol–water partition coefficient (Wildman–Crippen LogP) is 4.49. The third-order valence-corrected chi connectivity index (χ3v) is 2.40. The molecule has 0 spiro atoms. The van der Waals surface area contributed by atoms with Crippen molar-refractivity contribution in [1.29, 1.82) is 0 Å². The molecule has 0 aromatic carbocycles. The molecule has 0 aliphatic rings. The molecule has 0 fully saturated rings. The maximum atomic E-state index is 2.36. The van der Waals surface area contributed by atoms with Gasteiger partial charge in [0.2, 0.25) is 0 Å². The predicted molar refractivity (Wildman–Crippen MR) is 54.9 cm³/mol. The van der Waals surface area contributed by atoms with Crippen LogP contribution in [-0.4, -0.2) is 0 Å². The van der Waals surface area contributed by atoms with E-state index in [-0.39, 0.29) is 7.43 Å². The van der Waals surface area contributed by atoms with Gasteiger partial charge >= 0.3 is 0 Å². The average Bonchev–Trinajstić information content (AvgIpc) is 1.88. The van der Waals surface area contributed by atoms with Crippen LogP contribution in [-0.2, 0) is 0 Å². The first-order valence-corrected chi connectivity index (χ1v) is 4.68. The second kappa shape index (κ2) is 8.10. The lowest BCUT2D eigenvalue weighted by Gasteiger charge is -2.14. The summed E-state index contributed by atoms with van der Waals surface area (Å²) >= 11 is 0. The lowest BCUT2D eigenvalue weighted by Crippen LogP contribution is -2.02. The van der Waals surface area contributed by atoms with Crippen molar-refractivity contribution in [3.05, 3.63) is 0 Å². The molecule has 0 rings (SSSR count). The molecule has 0 nitrogen and oxygen atoms in total. The minimum Gasteiger partial charge on any atom is -0.0776 e. The minimum absolute atomic E-state index is 0. The van der Waals surface area contributed by atoms with Gasteiger partial charge in [0.15, 0.2) is 0 Å². The summed E-state index contributed by atoms with van der Waals surface area (Å²) in [4.78, 5) is 0. The molecule has 0 aliphatic heterocycles. The molecule has 0 saturated heterocycles. The summed E-state index contributed by atoms with van der Waals surface area (Å²) in [5.74, 6) is 1.79. The Morgan fingerprint density at radius 2 is 1.55 bits per heavy atom. The van der Waals surface area contributed by atoms with E-state index >= 15 is 0 Å². The van der Waals surface area contributed by atoms with Crippen molar-refractivity contribution < 1.29 is 0 Å². The Bertz CT molecular complexity index is 64.4. The Hall–Kier alpha value is 0. The first-order valence-electron chi connectivity index (χ1n) is 4.68. The summed E-state index contributed by atoms with van der Waals surface area (Å²) in [6, 6.07) is 0. The van der Waals surface area contributed by atoms with Gasteiger partial charge in [0.1, 0.15) is 0 Å². The summed E-state index contributed by atoms with van der Waals surface area (Å²) in [5.41, 5.74) is 0. The quantitative estimate of drug-likeness (QED) is 0.517. The molecule has 1 atom stereocenters. The first-order chi connectivity index (χ1) is 4.68. The molecular formula is C11H26. The molecule has 70 valence electrons. The van der Waals surface area contributed by atoms with Gasteiger partial charge in [0.05, 0.1) is 0 Å². The van der Waals surface area contributed by atoms with E-state index in [1.165, 1.54) is 25.7 Å². The van der Waals surface area contributed by atoms with Gasteiger partial charge in [-0.25, -0.2) is 0 Å². The van der Waals surface area contributed by atoms with Gasteiger partial charge in [-0.15, -0.1) is 0 Å². The Morgan fingerprint density at radius 3 is 1.91 bits per heavy atom. The summed E-state index contributed by atoms with van der Waals surface area (Å²) in [7, 11) is 0. The standard InChI is InChI=1S/C10H22.CH4/c1-5-6-7-8-10(4)9(2)3;/h9-10H,5-8H2,1-4H3;1H4. The van der Waals surface area contributed by atoms with Crippen molar-refractivity contribution >= 4 is 0 Å². The van der Waals surface area contributed by atoms with Crippen LogP contribution in [0.4, 0.5) is 0 Å². The first kappa shape index (κ1) is 13.6. The fourth-order valence-electron chi connectivity index (χ4n) is 1.05. The number of hydrogen-bond acceptors (Lipinski definition) is 0. The highest BCUT2D eigenvalue weighted by Crippen LogP contribution is 2.17. The molecule has 0 radical (unpaired) electrons. The van der Waals surface area contributed by atoms with Crippen LogP contribution in [0.25, 0.3) is 0 Å². The zero-order valence-electron chi connectivity index (χ0n) is 7.98. The summed E-state index contributed by atoms with van der Waals surface area (Å²) in [5, 5.41) is 0. The van der Waals surface area contributed by atoms with Gasteiger partial charge in [-0.3, -0.25) is 0 Å². The van der Waals surface area contributed by atoms with Crippen LogP contribution in [0.3, 0.4) is 0 Å². The summed E-state index contributed by atoms with van der Waals surface area (Å²) in [6.07, 6.45) is 5.61. The number of unbranched alkanes of at least 4 members (excludes halogenated alkanes) is 2. The molecule has 0 saturated carbocycles. The molecule has 0 aromatic rings. The molecule has 0 aliphatic carbocycles. The maximum Gasteiger partial charge on any atom is -0.0420 e. The van der Waals surface area contributed by atoms with E-state index < -0.39 is 0 Å². The topological polar surface area (TPSA) is 0 Å². The largest absolute Gasteiger partial charge is 0.0776 e. The highest BCUT2D eigenvalue weighted by Gasteiger charge is 2.04. The van der Waals surface area contributed by atoms with Gasteiger partial charge in [0, 0.05) is 0 Å². The normalized spacial score (nSPS) is 12.8. The van der Waals surface area contributed by atoms with Crippen molar-refractivity contribution in [2.75, 3.05) is 0 Å². The Morgan fingerprint density at radius 1 is 1.00 bits per heavy atom. The zero-order valence-corrected chi connectivity index (χ0v) is 7.98. The third kappa shape index (κ3) is 7.90. The van der Waals surface area contributed by atoms with Crippen LogP contribution in [0.15, 0.2) is 0 Å². The van der Waals surface area contributed by atoms with Crippen LogP contribution in [0.5, 0.6) is 0 Å². The van der Waals surface area contributed by atoms with Gasteiger partial charge in [0.25, 0.3) is 0 Å². The number of hydrogen-bond donors (Lipinski definition) is 0. The third-order valence-electron chi connectivity index (χ3n) is 2.40. The molecule has 0 amide bonds. The second-order valence-corrected chi connectivity index (χ2v) is 3.72. The van der Waals surface area contributed by atoms with Crippen molar-refractivity contribution in [3.63, 3.8) is 0 Å². The monoisotopic (exact) mass is 158 g/mol. The zero-order chi connectivity index (χ0) is 7.98. The molecule has 0 heterocycles. The van der Waals surface area contributed by atoms with Gasteiger partial charge in [-0.2, -0.15) is 0 Å². The van der Waals surface area contributed by atoms with Crippen LogP contribution in [0.1, 0.15) is 60.8 Å². The van der Waals surface area contributed by atoms with Crippen molar-refractivity contribution in [3.8, 4) is 0 Å². The highest BCUT2D eigenvalue weighted by atomic mass is 14.1. The molecule has 0 aromatic heterocycles. The van der Waals surface area contributed by atoms with Crippen LogP contribution in [0.2, 0.25) is 0 Å². The Kier molecular flexibility index (Phi) is 10.0. The summed E-state index contributed by atoms with van der Waals surface area (Å²) < 4.78 is 0. The van der Waals surface area contributed by atoms with Crippen LogP contribution < -0.4 is 0 Å². The van der Waals surface area contributed by atoms with Gasteiger partial charge in [-0.05, 0) is 11.8 Å². The minimum atomic E-state index is 0. The van der Waals surface area contributed by atoms with E-state index in [1.807, 2.05) is 0 Å². The lowest BCUT2D eigenvalue weighted by atomic mass is 9.92. The smallest absolute Gasteiger partial charge is 0.0420 e. The van der Waals surface area contributed by atoms with Gasteiger partial charge in [-0.1, -0.05) is 60.8 Å². The molecule has 0 N–H and O–H groups in total. The molecular weight excluding hydrogens is 132 g/mol. The molecule has 0 heteroatoms. The highest BCUT2D eigenvalue weighted by molar-refractivity contribution is 4.56. The molecule has 1 unspecified atom stereocenters. The van der Waals surface area contributed by atoms with E-state index in [4.69, 9.17) is 0 Å². The Labute approximate surface area is 73.4 Å². The summed E-state index contributed by atoms with van der Waals surface area (Å²) in [6.45, 7) is 9.26. The van der Waals surface area contributed by atoms with E-state index in [0.717, 1.165) is 11.8 Å². The second-order valence-electron chi connectivity index (χ2n) is 3.72. The van der Waals surface area contributed by atoms with E-state index in [9.17, 15) is 0 Å². The van der Waals surface area contributed by atoms with E-state index in [1.54, 1.807) is 0 Å². The lowest BCUT2D eigenvalue weighted by molar-refractivity contribution is 0.377. The Balaban J connectivity index is 0. The fourth-order valence-corrected chi connectivity index (χ4v) is 1.05. The average molecular weight is 158 g/mol. The molecule has 11 heavy (non-hydrogen) atoms. The van der Waals surface area contributed by atoms with Crippen molar-refractivity contribution in [2.45, 2.75) is 60.8 Å².